The Morgan fingerprint density at radius 2 is 0.830 bits per heavy atom. The second kappa shape index (κ2) is 11.5. The standard InChI is InChI=1S/C50H31N3/c1-3-15-32(16-4-1)44-31-45(53-49(52-44)35-17-5-2-6-18-35)33-27-29-34(30-28-33)48-46-38-21-9-13-25-42(38)50(47(46)39-22-10-14-26-43(39)51-48)40-23-11-7-19-36(40)37-20-8-12-24-41(37)50/h1-31H. The van der Waals surface area contributed by atoms with E-state index in [1.54, 1.807) is 0 Å². The van der Waals surface area contributed by atoms with Gasteiger partial charge in [-0.2, -0.15) is 0 Å². The van der Waals surface area contributed by atoms with Crippen LogP contribution >= 0.6 is 0 Å². The highest BCUT2D eigenvalue weighted by Crippen LogP contribution is 2.65. The molecule has 53 heavy (non-hydrogen) atoms. The molecule has 1 spiro atoms. The molecule has 7 aromatic carbocycles. The second-order valence-corrected chi connectivity index (χ2v) is 13.9. The summed E-state index contributed by atoms with van der Waals surface area (Å²) < 4.78 is 0. The molecule has 0 amide bonds. The molecule has 9 aromatic rings. The summed E-state index contributed by atoms with van der Waals surface area (Å²) >= 11 is 0. The molecule has 0 bridgehead atoms. The first-order valence-corrected chi connectivity index (χ1v) is 18.1. The number of pyridine rings is 1. The van der Waals surface area contributed by atoms with E-state index in [4.69, 9.17) is 15.0 Å². The Balaban J connectivity index is 1.14. The maximum atomic E-state index is 5.47. The molecule has 2 aliphatic rings. The first kappa shape index (κ1) is 29.7. The fourth-order valence-electron chi connectivity index (χ4n) is 8.90. The van der Waals surface area contributed by atoms with Crippen LogP contribution in [-0.4, -0.2) is 15.0 Å². The molecule has 0 saturated heterocycles. The zero-order valence-corrected chi connectivity index (χ0v) is 28.7. The summed E-state index contributed by atoms with van der Waals surface area (Å²) in [6.07, 6.45) is 0. The van der Waals surface area contributed by atoms with Crippen LogP contribution in [0.3, 0.4) is 0 Å². The van der Waals surface area contributed by atoms with Crippen molar-refractivity contribution in [3.05, 3.63) is 210 Å². The van der Waals surface area contributed by atoms with E-state index < -0.39 is 5.41 Å². The van der Waals surface area contributed by atoms with E-state index in [0.29, 0.717) is 5.82 Å². The van der Waals surface area contributed by atoms with Gasteiger partial charge in [-0.15, -0.1) is 0 Å². The summed E-state index contributed by atoms with van der Waals surface area (Å²) in [7, 11) is 0. The Labute approximate surface area is 308 Å². The van der Waals surface area contributed by atoms with E-state index in [2.05, 4.69) is 152 Å². The predicted molar refractivity (Wildman–Crippen MR) is 215 cm³/mol. The molecule has 0 unspecified atom stereocenters. The average molecular weight is 674 g/mol. The summed E-state index contributed by atoms with van der Waals surface area (Å²) in [4.78, 5) is 15.6. The molecule has 2 aliphatic carbocycles. The number of fused-ring (bicyclic) bond motifs is 12. The van der Waals surface area contributed by atoms with E-state index in [0.717, 1.165) is 44.9 Å². The molecule has 0 fully saturated rings. The summed E-state index contributed by atoms with van der Waals surface area (Å²) in [5.41, 5.74) is 17.8. The average Bonchev–Trinajstić information content (AvgIpc) is 3.72. The monoisotopic (exact) mass is 673 g/mol. The van der Waals surface area contributed by atoms with Gasteiger partial charge in [0.2, 0.25) is 0 Å². The predicted octanol–water partition coefficient (Wildman–Crippen LogP) is 12.0. The van der Waals surface area contributed by atoms with Gasteiger partial charge in [-0.1, -0.05) is 176 Å². The van der Waals surface area contributed by atoms with Gasteiger partial charge in [0.25, 0.3) is 0 Å². The molecule has 0 radical (unpaired) electrons. The van der Waals surface area contributed by atoms with Gasteiger partial charge in [0.05, 0.1) is 28.0 Å². The smallest absolute Gasteiger partial charge is 0.160 e. The van der Waals surface area contributed by atoms with Gasteiger partial charge in [-0.3, -0.25) is 0 Å². The highest BCUT2D eigenvalue weighted by molar-refractivity contribution is 6.06. The van der Waals surface area contributed by atoms with Crippen LogP contribution in [0.1, 0.15) is 22.3 Å². The first-order chi connectivity index (χ1) is 26.3. The van der Waals surface area contributed by atoms with Crippen LogP contribution in [0.25, 0.3) is 78.3 Å². The van der Waals surface area contributed by atoms with Gasteiger partial charge in [-0.05, 0) is 51.1 Å². The molecule has 246 valence electrons. The minimum Gasteiger partial charge on any atom is -0.247 e. The fourth-order valence-corrected chi connectivity index (χ4v) is 8.90. The first-order valence-electron chi connectivity index (χ1n) is 18.1. The highest BCUT2D eigenvalue weighted by atomic mass is 14.9. The molecule has 0 aliphatic heterocycles. The molecule has 3 nitrogen and oxygen atoms in total. The number of aromatic nitrogens is 3. The zero-order chi connectivity index (χ0) is 34.9. The van der Waals surface area contributed by atoms with Gasteiger partial charge in [0, 0.05) is 33.2 Å². The maximum Gasteiger partial charge on any atom is 0.160 e. The maximum absolute atomic E-state index is 5.47. The Morgan fingerprint density at radius 3 is 1.47 bits per heavy atom. The van der Waals surface area contributed by atoms with E-state index in [-0.39, 0.29) is 0 Å². The SMILES string of the molecule is c1ccc(-c2cc(-c3ccc(-c4nc5ccccc5c5c4-c4ccccc4C54c5ccccc5-c5ccccc54)cc3)nc(-c3ccccc3)n2)cc1. The number of rotatable bonds is 4. The quantitative estimate of drug-likeness (QED) is 0.187. The summed E-state index contributed by atoms with van der Waals surface area (Å²) in [6.45, 7) is 0. The minimum atomic E-state index is -0.459. The van der Waals surface area contributed by atoms with Crippen molar-refractivity contribution in [1.29, 1.82) is 0 Å². The number of benzene rings is 7. The number of hydrogen-bond acceptors (Lipinski definition) is 3. The highest BCUT2D eigenvalue weighted by Gasteiger charge is 2.53. The lowest BCUT2D eigenvalue weighted by Gasteiger charge is -2.31. The van der Waals surface area contributed by atoms with Crippen molar-refractivity contribution in [3.8, 4) is 67.4 Å². The number of hydrogen-bond donors (Lipinski definition) is 0. The molecule has 11 rings (SSSR count). The van der Waals surface area contributed by atoms with E-state index >= 15 is 0 Å². The van der Waals surface area contributed by atoms with Gasteiger partial charge >= 0.3 is 0 Å². The topological polar surface area (TPSA) is 38.7 Å². The van der Waals surface area contributed by atoms with Crippen LogP contribution in [0.15, 0.2) is 188 Å². The molecule has 0 N–H and O–H groups in total. The molecule has 3 heteroatoms. The lowest BCUT2D eigenvalue weighted by atomic mass is 9.69. The largest absolute Gasteiger partial charge is 0.247 e. The Kier molecular flexibility index (Phi) is 6.47. The zero-order valence-electron chi connectivity index (χ0n) is 28.7. The van der Waals surface area contributed by atoms with Crippen molar-refractivity contribution in [3.63, 3.8) is 0 Å². The Morgan fingerprint density at radius 1 is 0.358 bits per heavy atom. The van der Waals surface area contributed by atoms with Crippen LogP contribution in [0, 0.1) is 0 Å². The van der Waals surface area contributed by atoms with Crippen LogP contribution in [0.5, 0.6) is 0 Å². The molecular weight excluding hydrogens is 643 g/mol. The van der Waals surface area contributed by atoms with Gasteiger partial charge in [0.1, 0.15) is 0 Å². The van der Waals surface area contributed by atoms with E-state index in [1.165, 1.54) is 49.9 Å². The van der Waals surface area contributed by atoms with Crippen molar-refractivity contribution in [2.24, 2.45) is 0 Å². The molecule has 0 saturated carbocycles. The van der Waals surface area contributed by atoms with Crippen molar-refractivity contribution < 1.29 is 0 Å². The summed E-state index contributed by atoms with van der Waals surface area (Å²) in [5.74, 6) is 0.707. The number of nitrogens with zero attached hydrogens (tertiary/aromatic N) is 3. The van der Waals surface area contributed by atoms with Crippen LogP contribution in [0.2, 0.25) is 0 Å². The van der Waals surface area contributed by atoms with Crippen molar-refractivity contribution in [2.75, 3.05) is 0 Å². The summed E-state index contributed by atoms with van der Waals surface area (Å²) in [5, 5.41) is 1.19. The Bertz CT molecular complexity index is 2770. The van der Waals surface area contributed by atoms with Gasteiger partial charge in [0.15, 0.2) is 5.82 Å². The summed E-state index contributed by atoms with van der Waals surface area (Å²) in [6, 6.07) is 67.0. The van der Waals surface area contributed by atoms with Crippen LogP contribution < -0.4 is 0 Å². The normalized spacial score (nSPS) is 13.1. The van der Waals surface area contributed by atoms with Gasteiger partial charge in [-0.25, -0.2) is 15.0 Å². The van der Waals surface area contributed by atoms with Crippen LogP contribution in [0.4, 0.5) is 0 Å². The van der Waals surface area contributed by atoms with Crippen molar-refractivity contribution >= 4 is 10.9 Å². The molecule has 0 atom stereocenters. The lowest BCUT2D eigenvalue weighted by molar-refractivity contribution is 0.801. The van der Waals surface area contributed by atoms with Gasteiger partial charge < -0.3 is 0 Å². The van der Waals surface area contributed by atoms with Crippen LogP contribution in [-0.2, 0) is 5.41 Å². The van der Waals surface area contributed by atoms with E-state index in [9.17, 15) is 0 Å². The Hall–Kier alpha value is -6.97. The van der Waals surface area contributed by atoms with E-state index in [1.807, 2.05) is 36.4 Å². The number of para-hydroxylation sites is 1. The third-order valence-electron chi connectivity index (χ3n) is 11.1. The molecular formula is C50H31N3. The molecule has 2 heterocycles. The molecule has 2 aromatic heterocycles. The second-order valence-electron chi connectivity index (χ2n) is 13.9. The lowest BCUT2D eigenvalue weighted by Crippen LogP contribution is -2.26. The van der Waals surface area contributed by atoms with Crippen molar-refractivity contribution in [2.45, 2.75) is 5.41 Å². The third-order valence-corrected chi connectivity index (χ3v) is 11.1. The minimum absolute atomic E-state index is 0.459. The fraction of sp³-hybridized carbons (Fsp3) is 0.0200. The van der Waals surface area contributed by atoms with Crippen molar-refractivity contribution in [1.82, 2.24) is 15.0 Å². The third kappa shape index (κ3) is 4.31.